The van der Waals surface area contributed by atoms with Crippen LogP contribution in [0.15, 0.2) is 24.3 Å². The van der Waals surface area contributed by atoms with Crippen LogP contribution in [0.5, 0.6) is 0 Å². The van der Waals surface area contributed by atoms with E-state index in [1.807, 2.05) is 24.3 Å². The predicted molar refractivity (Wildman–Crippen MR) is 60.1 cm³/mol. The molecule has 0 spiro atoms. The second-order valence-corrected chi connectivity index (χ2v) is 3.53. The Hall–Kier alpha value is -1.02. The average Bonchev–Trinajstić information content (AvgIpc) is 2.21. The summed E-state index contributed by atoms with van der Waals surface area (Å²) >= 11 is 0. The van der Waals surface area contributed by atoms with Gasteiger partial charge in [-0.3, -0.25) is 0 Å². The third kappa shape index (κ3) is 3.04. The third-order valence-electron chi connectivity index (χ3n) is 2.41. The van der Waals surface area contributed by atoms with Crippen molar-refractivity contribution in [3.8, 4) is 0 Å². The molecule has 0 unspecified atom stereocenters. The molecule has 0 bridgehead atoms. The van der Waals surface area contributed by atoms with Crippen molar-refractivity contribution in [2.24, 2.45) is 0 Å². The molecule has 1 rings (SSSR count). The summed E-state index contributed by atoms with van der Waals surface area (Å²) in [6, 6.07) is 7.93. The van der Waals surface area contributed by atoms with Gasteiger partial charge in [-0.2, -0.15) is 0 Å². The lowest BCUT2D eigenvalue weighted by Gasteiger charge is -2.15. The molecule has 0 amide bonds. The summed E-state index contributed by atoms with van der Waals surface area (Å²) in [7, 11) is 1.76. The van der Waals surface area contributed by atoms with Gasteiger partial charge in [0.2, 0.25) is 0 Å². The molecule has 0 radical (unpaired) electrons. The maximum Gasteiger partial charge on any atom is 0.0821 e. The van der Waals surface area contributed by atoms with Gasteiger partial charge in [-0.25, -0.2) is 0 Å². The average molecular weight is 193 g/mol. The molecule has 0 heterocycles. The number of nitrogen functional groups attached to an aromatic ring is 1. The van der Waals surface area contributed by atoms with Crippen LogP contribution in [0.1, 0.15) is 37.9 Å². The van der Waals surface area contributed by atoms with E-state index in [9.17, 15) is 0 Å². The normalized spacial score (nSPS) is 12.7. The first-order valence-electron chi connectivity index (χ1n) is 5.16. The molecule has 0 aliphatic heterocycles. The van der Waals surface area contributed by atoms with Gasteiger partial charge in [-0.05, 0) is 24.1 Å². The smallest absolute Gasteiger partial charge is 0.0821 e. The maximum absolute atomic E-state index is 5.63. The number of anilines is 1. The van der Waals surface area contributed by atoms with E-state index in [4.69, 9.17) is 10.5 Å². The highest BCUT2D eigenvalue weighted by molar-refractivity contribution is 5.39. The van der Waals surface area contributed by atoms with Crippen LogP contribution in [0.3, 0.4) is 0 Å². The Kier molecular flexibility index (Phi) is 4.47. The van der Waals surface area contributed by atoms with E-state index in [0.29, 0.717) is 0 Å². The minimum atomic E-state index is 0.218. The minimum Gasteiger partial charge on any atom is -0.399 e. The lowest BCUT2D eigenvalue weighted by Crippen LogP contribution is -2.01. The van der Waals surface area contributed by atoms with Crippen molar-refractivity contribution < 1.29 is 4.74 Å². The lowest BCUT2D eigenvalue weighted by molar-refractivity contribution is 0.0936. The van der Waals surface area contributed by atoms with E-state index >= 15 is 0 Å². The van der Waals surface area contributed by atoms with Crippen LogP contribution in [0.25, 0.3) is 0 Å². The van der Waals surface area contributed by atoms with Crippen molar-refractivity contribution in [3.63, 3.8) is 0 Å². The Morgan fingerprint density at radius 1 is 1.29 bits per heavy atom. The zero-order chi connectivity index (χ0) is 10.4. The first kappa shape index (κ1) is 11.1. The number of hydrogen-bond acceptors (Lipinski definition) is 2. The Bertz CT molecular complexity index is 256. The Balaban J connectivity index is 2.64. The number of ether oxygens (including phenoxy) is 1. The van der Waals surface area contributed by atoms with Gasteiger partial charge >= 0.3 is 0 Å². The molecular formula is C12H19NO. The Morgan fingerprint density at radius 2 is 1.93 bits per heavy atom. The predicted octanol–water partition coefficient (Wildman–Crippen LogP) is 3.15. The van der Waals surface area contributed by atoms with Crippen LogP contribution in [0.4, 0.5) is 5.69 Å². The van der Waals surface area contributed by atoms with Crippen molar-refractivity contribution in [1.29, 1.82) is 0 Å². The van der Waals surface area contributed by atoms with E-state index in [2.05, 4.69) is 6.92 Å². The molecule has 1 aromatic rings. The molecule has 1 atom stereocenters. The zero-order valence-corrected chi connectivity index (χ0v) is 8.99. The molecule has 0 aromatic heterocycles. The van der Waals surface area contributed by atoms with Crippen molar-refractivity contribution in [2.75, 3.05) is 12.8 Å². The van der Waals surface area contributed by atoms with Gasteiger partial charge < -0.3 is 10.5 Å². The topological polar surface area (TPSA) is 35.2 Å². The molecule has 0 saturated heterocycles. The summed E-state index contributed by atoms with van der Waals surface area (Å²) in [5, 5.41) is 0. The molecule has 2 heteroatoms. The van der Waals surface area contributed by atoms with Crippen molar-refractivity contribution >= 4 is 5.69 Å². The number of methoxy groups -OCH3 is 1. The molecule has 1 aromatic carbocycles. The quantitative estimate of drug-likeness (QED) is 0.729. The summed E-state index contributed by atoms with van der Waals surface area (Å²) < 4.78 is 5.44. The molecule has 0 aliphatic rings. The highest BCUT2D eigenvalue weighted by Gasteiger charge is 2.08. The highest BCUT2D eigenvalue weighted by Crippen LogP contribution is 2.23. The van der Waals surface area contributed by atoms with E-state index in [1.165, 1.54) is 18.4 Å². The van der Waals surface area contributed by atoms with Gasteiger partial charge in [0.25, 0.3) is 0 Å². The van der Waals surface area contributed by atoms with Crippen LogP contribution in [-0.2, 0) is 4.74 Å². The van der Waals surface area contributed by atoms with Gasteiger partial charge in [-0.1, -0.05) is 31.9 Å². The number of rotatable bonds is 5. The van der Waals surface area contributed by atoms with Crippen molar-refractivity contribution in [2.45, 2.75) is 32.3 Å². The first-order valence-corrected chi connectivity index (χ1v) is 5.16. The fourth-order valence-corrected chi connectivity index (χ4v) is 1.52. The molecule has 2 nitrogen and oxygen atoms in total. The standard InChI is InChI=1S/C12H19NO/c1-3-4-5-12(14-2)10-6-8-11(13)9-7-10/h6-9,12H,3-5,13H2,1-2H3/t12-/m0/s1. The Labute approximate surface area is 86.1 Å². The van der Waals surface area contributed by atoms with Crippen molar-refractivity contribution in [1.82, 2.24) is 0 Å². The fourth-order valence-electron chi connectivity index (χ4n) is 1.52. The third-order valence-corrected chi connectivity index (χ3v) is 2.41. The molecule has 14 heavy (non-hydrogen) atoms. The molecule has 0 aliphatic carbocycles. The second-order valence-electron chi connectivity index (χ2n) is 3.53. The number of hydrogen-bond donors (Lipinski definition) is 1. The molecule has 78 valence electrons. The molecular weight excluding hydrogens is 174 g/mol. The SMILES string of the molecule is CCCC[C@H](OC)c1ccc(N)cc1. The molecule has 2 N–H and O–H groups in total. The lowest BCUT2D eigenvalue weighted by atomic mass is 10.0. The zero-order valence-electron chi connectivity index (χ0n) is 8.99. The summed E-state index contributed by atoms with van der Waals surface area (Å²) in [6.07, 6.45) is 3.70. The second kappa shape index (κ2) is 5.66. The number of unbranched alkanes of at least 4 members (excludes halogenated alkanes) is 1. The van der Waals surface area contributed by atoms with E-state index in [0.717, 1.165) is 12.1 Å². The van der Waals surface area contributed by atoms with Gasteiger partial charge in [-0.15, -0.1) is 0 Å². The molecule has 0 fully saturated rings. The van der Waals surface area contributed by atoms with Crippen LogP contribution in [0, 0.1) is 0 Å². The van der Waals surface area contributed by atoms with Crippen LogP contribution in [0.2, 0.25) is 0 Å². The van der Waals surface area contributed by atoms with E-state index in [-0.39, 0.29) is 6.10 Å². The number of nitrogens with two attached hydrogens (primary N) is 1. The molecule has 0 saturated carbocycles. The summed E-state index contributed by atoms with van der Waals surface area (Å²) in [5.74, 6) is 0. The highest BCUT2D eigenvalue weighted by atomic mass is 16.5. The van der Waals surface area contributed by atoms with Crippen LogP contribution < -0.4 is 5.73 Å². The summed E-state index contributed by atoms with van der Waals surface area (Å²) in [5.41, 5.74) is 7.65. The van der Waals surface area contributed by atoms with Gasteiger partial charge in [0.15, 0.2) is 0 Å². The van der Waals surface area contributed by atoms with E-state index < -0.39 is 0 Å². The van der Waals surface area contributed by atoms with Gasteiger partial charge in [0, 0.05) is 12.8 Å². The first-order chi connectivity index (χ1) is 6.77. The van der Waals surface area contributed by atoms with E-state index in [1.54, 1.807) is 7.11 Å². The maximum atomic E-state index is 5.63. The summed E-state index contributed by atoms with van der Waals surface area (Å²) in [4.78, 5) is 0. The number of benzene rings is 1. The summed E-state index contributed by atoms with van der Waals surface area (Å²) in [6.45, 7) is 2.19. The van der Waals surface area contributed by atoms with Crippen LogP contribution in [-0.4, -0.2) is 7.11 Å². The van der Waals surface area contributed by atoms with Crippen molar-refractivity contribution in [3.05, 3.63) is 29.8 Å². The largest absolute Gasteiger partial charge is 0.399 e. The van der Waals surface area contributed by atoms with Gasteiger partial charge in [0.1, 0.15) is 0 Å². The Morgan fingerprint density at radius 3 is 2.43 bits per heavy atom. The van der Waals surface area contributed by atoms with Crippen LogP contribution >= 0.6 is 0 Å². The monoisotopic (exact) mass is 193 g/mol. The minimum absolute atomic E-state index is 0.218. The van der Waals surface area contributed by atoms with Gasteiger partial charge in [0.05, 0.1) is 6.10 Å². The fraction of sp³-hybridized carbons (Fsp3) is 0.500.